The number of hydrogen-bond donors (Lipinski definition) is 3. The first-order valence-corrected chi connectivity index (χ1v) is 10.5. The predicted molar refractivity (Wildman–Crippen MR) is 100 cm³/mol. The molecule has 0 aromatic carbocycles. The quantitative estimate of drug-likeness (QED) is 0.671. The van der Waals surface area contributed by atoms with Gasteiger partial charge >= 0.3 is 0 Å². The molecule has 0 bridgehead atoms. The third kappa shape index (κ3) is 4.81. The van der Waals surface area contributed by atoms with Crippen LogP contribution in [0.15, 0.2) is 12.1 Å². The maximum Gasteiger partial charge on any atom is 0.217 e. The summed E-state index contributed by atoms with van der Waals surface area (Å²) in [4.78, 5) is 6.20. The van der Waals surface area contributed by atoms with E-state index in [0.717, 1.165) is 45.6 Å². The van der Waals surface area contributed by atoms with Gasteiger partial charge in [-0.1, -0.05) is 19.3 Å². The molecule has 142 valence electrons. The van der Waals surface area contributed by atoms with Gasteiger partial charge in [0.2, 0.25) is 5.79 Å². The van der Waals surface area contributed by atoms with Crippen molar-refractivity contribution in [3.05, 3.63) is 21.9 Å². The SMILES string of the molecule is OCC(N1CCCCC1)C(O)(O)c1ccc(CN2CCCCCC2)s1. The first-order valence-electron chi connectivity index (χ1n) is 9.72. The molecule has 0 saturated carbocycles. The van der Waals surface area contributed by atoms with Crippen molar-refractivity contribution in [2.45, 2.75) is 63.3 Å². The lowest BCUT2D eigenvalue weighted by atomic mass is 10.0. The predicted octanol–water partition coefficient (Wildman–Crippen LogP) is 2.11. The molecule has 2 saturated heterocycles. The zero-order valence-electron chi connectivity index (χ0n) is 15.1. The van der Waals surface area contributed by atoms with Crippen molar-refractivity contribution < 1.29 is 15.3 Å². The van der Waals surface area contributed by atoms with E-state index in [0.29, 0.717) is 4.88 Å². The van der Waals surface area contributed by atoms with Crippen LogP contribution in [0.5, 0.6) is 0 Å². The van der Waals surface area contributed by atoms with E-state index in [1.165, 1.54) is 48.3 Å². The molecular weight excluding hydrogens is 336 g/mol. The molecule has 1 atom stereocenters. The molecule has 3 rings (SSSR count). The Bertz CT molecular complexity index is 520. The van der Waals surface area contributed by atoms with Crippen molar-refractivity contribution in [3.63, 3.8) is 0 Å². The summed E-state index contributed by atoms with van der Waals surface area (Å²) in [6.07, 6.45) is 8.42. The Kier molecular flexibility index (Phi) is 6.88. The number of thiophene rings is 1. The van der Waals surface area contributed by atoms with E-state index in [1.54, 1.807) is 0 Å². The Morgan fingerprint density at radius 2 is 1.52 bits per heavy atom. The minimum Gasteiger partial charge on any atom is -0.395 e. The Balaban J connectivity index is 1.67. The van der Waals surface area contributed by atoms with Crippen molar-refractivity contribution in [1.82, 2.24) is 9.80 Å². The molecule has 0 radical (unpaired) electrons. The normalized spacial score (nSPS) is 22.7. The van der Waals surface area contributed by atoms with Gasteiger partial charge in [0.1, 0.15) is 0 Å². The van der Waals surface area contributed by atoms with Gasteiger partial charge in [-0.15, -0.1) is 11.3 Å². The molecule has 1 aromatic rings. The Morgan fingerprint density at radius 3 is 2.16 bits per heavy atom. The van der Waals surface area contributed by atoms with Crippen LogP contribution in [0.2, 0.25) is 0 Å². The monoisotopic (exact) mass is 368 g/mol. The fourth-order valence-corrected chi connectivity index (χ4v) is 5.15. The fraction of sp³-hybridized carbons (Fsp3) is 0.789. The number of nitrogens with zero attached hydrogens (tertiary/aromatic N) is 2. The van der Waals surface area contributed by atoms with Crippen LogP contribution < -0.4 is 0 Å². The number of aliphatic hydroxyl groups excluding tert-OH is 1. The van der Waals surface area contributed by atoms with Crippen LogP contribution in [0.25, 0.3) is 0 Å². The lowest BCUT2D eigenvalue weighted by Crippen LogP contribution is -2.54. The van der Waals surface area contributed by atoms with Crippen LogP contribution in [0.1, 0.15) is 54.7 Å². The number of piperidine rings is 1. The molecule has 2 fully saturated rings. The van der Waals surface area contributed by atoms with Gasteiger partial charge in [-0.3, -0.25) is 9.80 Å². The van der Waals surface area contributed by atoms with Gasteiger partial charge in [-0.2, -0.15) is 0 Å². The minimum atomic E-state index is -1.99. The minimum absolute atomic E-state index is 0.244. The maximum absolute atomic E-state index is 10.8. The van der Waals surface area contributed by atoms with E-state index < -0.39 is 11.8 Å². The second-order valence-electron chi connectivity index (χ2n) is 7.48. The van der Waals surface area contributed by atoms with E-state index in [1.807, 2.05) is 17.0 Å². The van der Waals surface area contributed by atoms with Crippen LogP contribution in [-0.2, 0) is 12.3 Å². The Labute approximate surface area is 154 Å². The highest BCUT2D eigenvalue weighted by Gasteiger charge is 2.41. The van der Waals surface area contributed by atoms with Crippen molar-refractivity contribution in [3.8, 4) is 0 Å². The number of rotatable bonds is 6. The summed E-state index contributed by atoms with van der Waals surface area (Å²) < 4.78 is 0. The number of aliphatic hydroxyl groups is 3. The average molecular weight is 369 g/mol. The smallest absolute Gasteiger partial charge is 0.217 e. The number of hydrogen-bond acceptors (Lipinski definition) is 6. The fourth-order valence-electron chi connectivity index (χ4n) is 4.07. The molecule has 6 heteroatoms. The second-order valence-corrected chi connectivity index (χ2v) is 8.65. The molecule has 0 amide bonds. The van der Waals surface area contributed by atoms with E-state index >= 15 is 0 Å². The summed E-state index contributed by atoms with van der Waals surface area (Å²) in [7, 11) is 0. The molecule has 0 aliphatic carbocycles. The molecule has 5 nitrogen and oxygen atoms in total. The van der Waals surface area contributed by atoms with E-state index in [4.69, 9.17) is 0 Å². The van der Waals surface area contributed by atoms with E-state index in [2.05, 4.69) is 4.90 Å². The number of likely N-dealkylation sites (tertiary alicyclic amines) is 2. The molecule has 1 unspecified atom stereocenters. The third-order valence-electron chi connectivity index (χ3n) is 5.57. The van der Waals surface area contributed by atoms with Gasteiger partial charge < -0.3 is 15.3 Å². The van der Waals surface area contributed by atoms with Gasteiger partial charge in [0.25, 0.3) is 0 Å². The highest BCUT2D eigenvalue weighted by atomic mass is 32.1. The van der Waals surface area contributed by atoms with Gasteiger partial charge in [0.15, 0.2) is 0 Å². The molecule has 3 N–H and O–H groups in total. The van der Waals surface area contributed by atoms with Gasteiger partial charge in [0, 0.05) is 11.4 Å². The van der Waals surface area contributed by atoms with Crippen molar-refractivity contribution in [1.29, 1.82) is 0 Å². The second kappa shape index (κ2) is 8.93. The largest absolute Gasteiger partial charge is 0.395 e. The van der Waals surface area contributed by atoms with Crippen molar-refractivity contribution in [2.24, 2.45) is 0 Å². The first kappa shape index (κ1) is 19.3. The van der Waals surface area contributed by atoms with Gasteiger partial charge in [0.05, 0.1) is 17.5 Å². The highest BCUT2D eigenvalue weighted by Crippen LogP contribution is 2.33. The molecule has 25 heavy (non-hydrogen) atoms. The van der Waals surface area contributed by atoms with E-state index in [9.17, 15) is 15.3 Å². The lowest BCUT2D eigenvalue weighted by Gasteiger charge is -2.40. The summed E-state index contributed by atoms with van der Waals surface area (Å²) in [5.41, 5.74) is 0. The van der Waals surface area contributed by atoms with Gasteiger partial charge in [-0.05, 0) is 64.0 Å². The molecular formula is C19H32N2O3S. The third-order valence-corrected chi connectivity index (χ3v) is 6.76. The van der Waals surface area contributed by atoms with E-state index in [-0.39, 0.29) is 6.61 Å². The highest BCUT2D eigenvalue weighted by molar-refractivity contribution is 7.12. The lowest BCUT2D eigenvalue weighted by molar-refractivity contribution is -0.223. The van der Waals surface area contributed by atoms with Gasteiger partial charge in [-0.25, -0.2) is 0 Å². The van der Waals surface area contributed by atoms with Crippen molar-refractivity contribution in [2.75, 3.05) is 32.8 Å². The van der Waals surface area contributed by atoms with Crippen LogP contribution in [0, 0.1) is 0 Å². The molecule has 0 spiro atoms. The first-order chi connectivity index (χ1) is 12.1. The molecule has 1 aromatic heterocycles. The molecule has 2 aliphatic rings. The maximum atomic E-state index is 10.8. The van der Waals surface area contributed by atoms with Crippen LogP contribution in [0.3, 0.4) is 0 Å². The average Bonchev–Trinajstić information content (AvgIpc) is 2.94. The summed E-state index contributed by atoms with van der Waals surface area (Å²) in [5.74, 6) is -1.99. The molecule has 3 heterocycles. The Morgan fingerprint density at radius 1 is 0.920 bits per heavy atom. The standard InChI is InChI=1S/C19H32N2O3S/c22-15-17(21-12-6-3-7-13-21)19(23,24)18-9-8-16(25-18)14-20-10-4-1-2-5-11-20/h8-9,17,22-24H,1-7,10-15H2. The molecule has 2 aliphatic heterocycles. The zero-order chi connectivity index (χ0) is 17.7. The summed E-state index contributed by atoms with van der Waals surface area (Å²) >= 11 is 1.47. The zero-order valence-corrected chi connectivity index (χ0v) is 15.9. The van der Waals surface area contributed by atoms with Crippen molar-refractivity contribution >= 4 is 11.3 Å². The van der Waals surface area contributed by atoms with Crippen LogP contribution in [0.4, 0.5) is 0 Å². The topological polar surface area (TPSA) is 67.2 Å². The Hall–Kier alpha value is -0.500. The van der Waals surface area contributed by atoms with Crippen LogP contribution >= 0.6 is 11.3 Å². The summed E-state index contributed by atoms with van der Waals surface area (Å²) in [6, 6.07) is 3.18. The summed E-state index contributed by atoms with van der Waals surface area (Å²) in [5, 5.41) is 31.4. The van der Waals surface area contributed by atoms with Crippen LogP contribution in [-0.4, -0.2) is 63.9 Å². The summed E-state index contributed by atoms with van der Waals surface area (Å²) in [6.45, 7) is 4.54.